The maximum atomic E-state index is 13.8. The van der Waals surface area contributed by atoms with Gasteiger partial charge >= 0.3 is 6.18 Å². The highest BCUT2D eigenvalue weighted by molar-refractivity contribution is 6.22. The zero-order valence-corrected chi connectivity index (χ0v) is 27.5. The lowest BCUT2D eigenvalue weighted by Gasteiger charge is -2.21. The Balaban J connectivity index is 1.32. The number of hydrogen-bond acceptors (Lipinski definition) is 1. The summed E-state index contributed by atoms with van der Waals surface area (Å²) in [6.45, 7) is 2.07. The average molecular weight is 664 g/mol. The molecule has 0 radical (unpaired) electrons. The molecule has 0 heterocycles. The number of aryl methyl sites for hydroxylation is 1. The van der Waals surface area contributed by atoms with Gasteiger partial charge in [0.05, 0.1) is 17.2 Å². The van der Waals surface area contributed by atoms with Gasteiger partial charge in [-0.2, -0.15) is 18.4 Å². The summed E-state index contributed by atoms with van der Waals surface area (Å²) in [5, 5.41) is 14.1. The van der Waals surface area contributed by atoms with Crippen molar-refractivity contribution in [2.45, 2.75) is 13.1 Å². The van der Waals surface area contributed by atoms with Gasteiger partial charge in [-0.15, -0.1) is 0 Å². The van der Waals surface area contributed by atoms with Crippen LogP contribution in [0.2, 0.25) is 0 Å². The minimum Gasteiger partial charge on any atom is -0.192 e. The molecule has 0 N–H and O–H groups in total. The fourth-order valence-electron chi connectivity index (χ4n) is 7.72. The van der Waals surface area contributed by atoms with Gasteiger partial charge in [0.2, 0.25) is 0 Å². The van der Waals surface area contributed by atoms with E-state index >= 15 is 0 Å². The minimum atomic E-state index is -4.44. The van der Waals surface area contributed by atoms with Crippen LogP contribution in [0, 0.1) is 18.3 Å². The molecule has 1 aliphatic carbocycles. The molecule has 0 saturated carbocycles. The molecule has 0 spiro atoms. The predicted octanol–water partition coefficient (Wildman–Crippen LogP) is 13.5. The molecule has 0 bridgehead atoms. The summed E-state index contributed by atoms with van der Waals surface area (Å²) in [5.74, 6) is 0. The third kappa shape index (κ3) is 5.01. The normalized spacial score (nSPS) is 11.9. The van der Waals surface area contributed by atoms with Gasteiger partial charge in [0, 0.05) is 0 Å². The van der Waals surface area contributed by atoms with Crippen LogP contribution < -0.4 is 0 Å². The molecule has 1 aliphatic rings. The van der Waals surface area contributed by atoms with Gasteiger partial charge in [0.1, 0.15) is 0 Å². The second kappa shape index (κ2) is 11.6. The fraction of sp³-hybridized carbons (Fsp3) is 0.0426. The van der Waals surface area contributed by atoms with Crippen LogP contribution in [0.3, 0.4) is 0 Å². The van der Waals surface area contributed by atoms with Gasteiger partial charge in [-0.3, -0.25) is 0 Å². The van der Waals surface area contributed by atoms with E-state index in [1.165, 1.54) is 12.1 Å². The second-order valence-electron chi connectivity index (χ2n) is 13.2. The van der Waals surface area contributed by atoms with Gasteiger partial charge in [-0.1, -0.05) is 127 Å². The van der Waals surface area contributed by atoms with Gasteiger partial charge in [0.15, 0.2) is 0 Å². The average Bonchev–Trinajstić information content (AvgIpc) is 3.49. The number of nitriles is 1. The van der Waals surface area contributed by atoms with E-state index in [4.69, 9.17) is 0 Å². The van der Waals surface area contributed by atoms with E-state index in [0.717, 1.165) is 88.3 Å². The predicted molar refractivity (Wildman–Crippen MR) is 202 cm³/mol. The molecule has 51 heavy (non-hydrogen) atoms. The topological polar surface area (TPSA) is 23.8 Å². The van der Waals surface area contributed by atoms with Crippen molar-refractivity contribution >= 4 is 21.5 Å². The summed E-state index contributed by atoms with van der Waals surface area (Å²) in [7, 11) is 0. The Morgan fingerprint density at radius 2 is 1.04 bits per heavy atom. The van der Waals surface area contributed by atoms with E-state index in [2.05, 4.69) is 110 Å². The number of benzene rings is 8. The van der Waals surface area contributed by atoms with Crippen LogP contribution in [0.15, 0.2) is 152 Å². The summed E-state index contributed by atoms with van der Waals surface area (Å²) in [4.78, 5) is 0. The van der Waals surface area contributed by atoms with E-state index in [1.807, 2.05) is 30.3 Å². The van der Waals surface area contributed by atoms with E-state index in [9.17, 15) is 18.4 Å². The molecule has 0 amide bonds. The Kier molecular flexibility index (Phi) is 6.95. The lowest BCUT2D eigenvalue weighted by atomic mass is 9.82. The molecule has 1 nitrogen and oxygen atoms in total. The maximum absolute atomic E-state index is 13.8. The molecule has 8 aromatic carbocycles. The van der Waals surface area contributed by atoms with Crippen molar-refractivity contribution in [3.63, 3.8) is 0 Å². The maximum Gasteiger partial charge on any atom is 0.416 e. The SMILES string of the molecule is Cc1ccc(-c2cc(-c3ccc(-c4cc(C#N)c5ccccc5c4)cc3)c(-c3ccc(C(F)(F)F)cc3)c3c2-c2cccc4cccc-3c24)cc1. The van der Waals surface area contributed by atoms with Crippen LogP contribution in [0.4, 0.5) is 13.2 Å². The van der Waals surface area contributed by atoms with E-state index < -0.39 is 11.7 Å². The van der Waals surface area contributed by atoms with Crippen molar-refractivity contribution in [1.82, 2.24) is 0 Å². The molecule has 242 valence electrons. The third-order valence-corrected chi connectivity index (χ3v) is 10.1. The molecule has 8 aromatic rings. The monoisotopic (exact) mass is 663 g/mol. The second-order valence-corrected chi connectivity index (χ2v) is 13.2. The van der Waals surface area contributed by atoms with Gasteiger partial charge < -0.3 is 0 Å². The number of rotatable bonds is 4. The van der Waals surface area contributed by atoms with Gasteiger partial charge in [0.25, 0.3) is 0 Å². The van der Waals surface area contributed by atoms with Crippen LogP contribution in [0.5, 0.6) is 0 Å². The molecule has 0 atom stereocenters. The quantitative estimate of drug-likeness (QED) is 0.184. The Hall–Kier alpha value is -6.44. The van der Waals surface area contributed by atoms with Crippen LogP contribution in [-0.2, 0) is 6.18 Å². The Morgan fingerprint density at radius 1 is 0.471 bits per heavy atom. The highest BCUT2D eigenvalue weighted by Gasteiger charge is 2.32. The molecule has 0 fully saturated rings. The third-order valence-electron chi connectivity index (χ3n) is 10.1. The van der Waals surface area contributed by atoms with E-state index in [-0.39, 0.29) is 0 Å². The molecular formula is C47H28F3N. The first-order valence-corrected chi connectivity index (χ1v) is 16.8. The fourth-order valence-corrected chi connectivity index (χ4v) is 7.72. The summed E-state index contributed by atoms with van der Waals surface area (Å²) in [6, 6.07) is 51.4. The Morgan fingerprint density at radius 3 is 1.71 bits per heavy atom. The summed E-state index contributed by atoms with van der Waals surface area (Å²) in [6.07, 6.45) is -4.44. The zero-order valence-electron chi connectivity index (χ0n) is 27.5. The summed E-state index contributed by atoms with van der Waals surface area (Å²) in [5.41, 5.74) is 12.9. The number of fused-ring (bicyclic) bond motifs is 4. The van der Waals surface area contributed by atoms with E-state index in [0.29, 0.717) is 11.1 Å². The minimum absolute atomic E-state index is 0.617. The molecule has 0 unspecified atom stereocenters. The van der Waals surface area contributed by atoms with Crippen molar-refractivity contribution in [3.05, 3.63) is 168 Å². The van der Waals surface area contributed by atoms with Crippen LogP contribution in [-0.4, -0.2) is 0 Å². The van der Waals surface area contributed by atoms with Crippen molar-refractivity contribution in [2.75, 3.05) is 0 Å². The Labute approximate surface area is 293 Å². The number of nitrogens with zero attached hydrogens (tertiary/aromatic N) is 1. The smallest absolute Gasteiger partial charge is 0.192 e. The van der Waals surface area contributed by atoms with Crippen molar-refractivity contribution in [1.29, 1.82) is 5.26 Å². The number of hydrogen-bond donors (Lipinski definition) is 0. The molecule has 0 aromatic heterocycles. The first kappa shape index (κ1) is 30.6. The Bertz CT molecular complexity index is 2710. The first-order chi connectivity index (χ1) is 24.8. The van der Waals surface area contributed by atoms with Crippen molar-refractivity contribution in [3.8, 4) is 72.8 Å². The molecule has 0 saturated heterocycles. The lowest BCUT2D eigenvalue weighted by Crippen LogP contribution is -2.04. The first-order valence-electron chi connectivity index (χ1n) is 16.8. The molecular weight excluding hydrogens is 636 g/mol. The lowest BCUT2D eigenvalue weighted by molar-refractivity contribution is -0.137. The van der Waals surface area contributed by atoms with Crippen molar-refractivity contribution < 1.29 is 13.2 Å². The molecule has 4 heteroatoms. The van der Waals surface area contributed by atoms with Gasteiger partial charge in [-0.05, 0) is 126 Å². The standard InChI is InChI=1S/C47H28F3N/c1-28-12-14-30(15-13-28)42-26-41(31-18-16-29(17-19-31)35-24-34-6-2-3-9-38(34)36(25-35)27-51)44(33-20-22-37(23-21-33)47(48,49)50)46-40-11-5-8-32-7-4-10-39(43(32)40)45(42)46/h2-26H,1H3. The highest BCUT2D eigenvalue weighted by Crippen LogP contribution is 2.57. The zero-order chi connectivity index (χ0) is 34.9. The largest absolute Gasteiger partial charge is 0.416 e. The van der Waals surface area contributed by atoms with Crippen LogP contribution >= 0.6 is 0 Å². The highest BCUT2D eigenvalue weighted by atomic mass is 19.4. The van der Waals surface area contributed by atoms with E-state index in [1.54, 1.807) is 12.1 Å². The van der Waals surface area contributed by atoms with Gasteiger partial charge in [-0.25, -0.2) is 0 Å². The van der Waals surface area contributed by atoms with Crippen LogP contribution in [0.25, 0.3) is 88.3 Å². The number of halogens is 3. The summed E-state index contributed by atoms with van der Waals surface area (Å²) >= 11 is 0. The van der Waals surface area contributed by atoms with Crippen molar-refractivity contribution in [2.24, 2.45) is 0 Å². The van der Waals surface area contributed by atoms with Crippen LogP contribution in [0.1, 0.15) is 16.7 Å². The number of alkyl halides is 3. The summed E-state index contributed by atoms with van der Waals surface area (Å²) < 4.78 is 41.3. The molecule has 9 rings (SSSR count). The molecule has 0 aliphatic heterocycles.